The molecule has 0 saturated heterocycles. The van der Waals surface area contributed by atoms with Gasteiger partial charge in [0.05, 0.1) is 6.61 Å². The number of rotatable bonds is 4. The molecule has 0 bridgehead atoms. The van der Waals surface area contributed by atoms with Crippen LogP contribution in [-0.4, -0.2) is 5.11 Å². The fourth-order valence-corrected chi connectivity index (χ4v) is 1.55. The summed E-state index contributed by atoms with van der Waals surface area (Å²) in [5, 5.41) is 8.84. The highest BCUT2D eigenvalue weighted by Crippen LogP contribution is 2.19. The lowest BCUT2D eigenvalue weighted by atomic mass is 10.2. The number of aliphatic hydroxyl groups is 1. The van der Waals surface area contributed by atoms with Crippen molar-refractivity contribution in [2.75, 3.05) is 0 Å². The molecule has 1 N–H and O–H groups in total. The van der Waals surface area contributed by atoms with E-state index in [9.17, 15) is 8.78 Å². The van der Waals surface area contributed by atoms with Gasteiger partial charge in [0.15, 0.2) is 11.6 Å². The lowest BCUT2D eigenvalue weighted by molar-refractivity contribution is 0.276. The minimum Gasteiger partial charge on any atom is -0.486 e. The third-order valence-corrected chi connectivity index (χ3v) is 2.46. The number of aliphatic hydroxyl groups excluding tert-OH is 1. The molecule has 0 aliphatic carbocycles. The molecular formula is C14H12F2O2. The van der Waals surface area contributed by atoms with Crippen molar-refractivity contribution in [2.45, 2.75) is 13.2 Å². The second-order valence-corrected chi connectivity index (χ2v) is 3.84. The SMILES string of the molecule is OCc1ccc(OCc2cccc(F)c2)c(F)c1. The zero-order chi connectivity index (χ0) is 13.0. The Balaban J connectivity index is 2.06. The molecule has 0 aromatic heterocycles. The summed E-state index contributed by atoms with van der Waals surface area (Å²) in [6.07, 6.45) is 0. The highest BCUT2D eigenvalue weighted by Gasteiger charge is 2.05. The van der Waals surface area contributed by atoms with Crippen molar-refractivity contribution in [3.63, 3.8) is 0 Å². The molecule has 0 unspecified atom stereocenters. The first-order valence-corrected chi connectivity index (χ1v) is 5.45. The maximum Gasteiger partial charge on any atom is 0.165 e. The molecule has 4 heteroatoms. The van der Waals surface area contributed by atoms with Crippen molar-refractivity contribution in [1.82, 2.24) is 0 Å². The standard InChI is InChI=1S/C14H12F2O2/c15-12-3-1-2-11(6-12)9-18-14-5-4-10(8-17)7-13(14)16/h1-7,17H,8-9H2. The fraction of sp³-hybridized carbons (Fsp3) is 0.143. The van der Waals surface area contributed by atoms with Crippen molar-refractivity contribution < 1.29 is 18.6 Å². The predicted octanol–water partition coefficient (Wildman–Crippen LogP) is 3.04. The maximum absolute atomic E-state index is 13.5. The summed E-state index contributed by atoms with van der Waals surface area (Å²) in [6.45, 7) is -0.131. The van der Waals surface area contributed by atoms with E-state index in [1.807, 2.05) is 0 Å². The van der Waals surface area contributed by atoms with Crippen molar-refractivity contribution in [2.24, 2.45) is 0 Å². The first-order chi connectivity index (χ1) is 8.69. The Hall–Kier alpha value is -1.94. The van der Waals surface area contributed by atoms with Gasteiger partial charge < -0.3 is 9.84 Å². The van der Waals surface area contributed by atoms with Crippen LogP contribution in [0, 0.1) is 11.6 Å². The molecule has 0 aliphatic rings. The van der Waals surface area contributed by atoms with Gasteiger partial charge in [0.2, 0.25) is 0 Å². The van der Waals surface area contributed by atoms with Gasteiger partial charge in [0.1, 0.15) is 12.4 Å². The Morgan fingerprint density at radius 3 is 2.50 bits per heavy atom. The molecule has 0 aliphatic heterocycles. The topological polar surface area (TPSA) is 29.5 Å². The Morgan fingerprint density at radius 2 is 1.83 bits per heavy atom. The summed E-state index contributed by atoms with van der Waals surface area (Å²) in [5.74, 6) is -0.818. The molecule has 0 spiro atoms. The molecule has 0 heterocycles. The van der Waals surface area contributed by atoms with Crippen LogP contribution in [-0.2, 0) is 13.2 Å². The van der Waals surface area contributed by atoms with E-state index in [0.717, 1.165) is 0 Å². The highest BCUT2D eigenvalue weighted by molar-refractivity contribution is 5.29. The Kier molecular flexibility index (Phi) is 3.89. The van der Waals surface area contributed by atoms with Gasteiger partial charge in [-0.3, -0.25) is 0 Å². The van der Waals surface area contributed by atoms with Crippen LogP contribution in [0.15, 0.2) is 42.5 Å². The number of halogens is 2. The van der Waals surface area contributed by atoms with Gasteiger partial charge in [-0.2, -0.15) is 0 Å². The maximum atomic E-state index is 13.5. The quantitative estimate of drug-likeness (QED) is 0.903. The third-order valence-electron chi connectivity index (χ3n) is 2.46. The normalized spacial score (nSPS) is 10.4. The van der Waals surface area contributed by atoms with Gasteiger partial charge in [-0.1, -0.05) is 18.2 Å². The predicted molar refractivity (Wildman–Crippen MR) is 63.1 cm³/mol. The summed E-state index contributed by atoms with van der Waals surface area (Å²) in [7, 11) is 0. The van der Waals surface area contributed by atoms with Gasteiger partial charge in [0, 0.05) is 0 Å². The molecule has 0 fully saturated rings. The van der Waals surface area contributed by atoms with E-state index < -0.39 is 5.82 Å². The molecule has 18 heavy (non-hydrogen) atoms. The van der Waals surface area contributed by atoms with Crippen LogP contribution in [0.3, 0.4) is 0 Å². The first kappa shape index (κ1) is 12.5. The molecule has 94 valence electrons. The van der Waals surface area contributed by atoms with Crippen molar-refractivity contribution in [3.8, 4) is 5.75 Å². The Labute approximate surface area is 103 Å². The molecule has 0 atom stereocenters. The minimum absolute atomic E-state index is 0.0801. The van der Waals surface area contributed by atoms with E-state index in [1.54, 1.807) is 18.2 Å². The van der Waals surface area contributed by atoms with Gasteiger partial charge in [-0.25, -0.2) is 8.78 Å². The molecular weight excluding hydrogens is 238 g/mol. The molecule has 0 radical (unpaired) electrons. The average molecular weight is 250 g/mol. The van der Waals surface area contributed by atoms with Gasteiger partial charge in [-0.05, 0) is 35.4 Å². The summed E-state index contributed by atoms with van der Waals surface area (Å²) in [5.41, 5.74) is 1.10. The molecule has 2 rings (SSSR count). The number of hydrogen-bond donors (Lipinski definition) is 1. The van der Waals surface area contributed by atoms with Crippen LogP contribution >= 0.6 is 0 Å². The molecule has 0 amide bonds. The molecule has 2 aromatic carbocycles. The van der Waals surface area contributed by atoms with Crippen molar-refractivity contribution in [3.05, 3.63) is 65.2 Å². The second-order valence-electron chi connectivity index (χ2n) is 3.84. The van der Waals surface area contributed by atoms with E-state index in [2.05, 4.69) is 0 Å². The average Bonchev–Trinajstić information content (AvgIpc) is 2.37. The van der Waals surface area contributed by atoms with Crippen LogP contribution in [0.5, 0.6) is 5.75 Å². The number of ether oxygens (including phenoxy) is 1. The Morgan fingerprint density at radius 1 is 1.00 bits per heavy atom. The highest BCUT2D eigenvalue weighted by atomic mass is 19.1. The minimum atomic E-state index is -0.544. The van der Waals surface area contributed by atoms with E-state index in [1.165, 1.54) is 24.3 Å². The van der Waals surface area contributed by atoms with Crippen LogP contribution in [0.4, 0.5) is 8.78 Å². The second kappa shape index (κ2) is 5.60. The summed E-state index contributed by atoms with van der Waals surface area (Å²) >= 11 is 0. The largest absolute Gasteiger partial charge is 0.486 e. The number of benzene rings is 2. The zero-order valence-electron chi connectivity index (χ0n) is 9.57. The fourth-order valence-electron chi connectivity index (χ4n) is 1.55. The van der Waals surface area contributed by atoms with E-state index in [0.29, 0.717) is 11.1 Å². The summed E-state index contributed by atoms with van der Waals surface area (Å²) in [6, 6.07) is 10.2. The monoisotopic (exact) mass is 250 g/mol. The molecule has 2 aromatic rings. The van der Waals surface area contributed by atoms with Crippen LogP contribution in [0.25, 0.3) is 0 Å². The van der Waals surface area contributed by atoms with Gasteiger partial charge >= 0.3 is 0 Å². The van der Waals surface area contributed by atoms with Crippen LogP contribution < -0.4 is 4.74 Å². The van der Waals surface area contributed by atoms with Crippen molar-refractivity contribution >= 4 is 0 Å². The summed E-state index contributed by atoms with van der Waals surface area (Å²) in [4.78, 5) is 0. The van der Waals surface area contributed by atoms with Crippen LogP contribution in [0.1, 0.15) is 11.1 Å². The van der Waals surface area contributed by atoms with Crippen LogP contribution in [0.2, 0.25) is 0 Å². The van der Waals surface area contributed by atoms with Gasteiger partial charge in [0.25, 0.3) is 0 Å². The lowest BCUT2D eigenvalue weighted by Gasteiger charge is -2.08. The Bertz CT molecular complexity index is 541. The van der Waals surface area contributed by atoms with E-state index >= 15 is 0 Å². The van der Waals surface area contributed by atoms with E-state index in [-0.39, 0.29) is 24.8 Å². The lowest BCUT2D eigenvalue weighted by Crippen LogP contribution is -1.98. The zero-order valence-corrected chi connectivity index (χ0v) is 9.57. The smallest absolute Gasteiger partial charge is 0.165 e. The third kappa shape index (κ3) is 3.05. The van der Waals surface area contributed by atoms with Gasteiger partial charge in [-0.15, -0.1) is 0 Å². The van der Waals surface area contributed by atoms with Crippen molar-refractivity contribution in [1.29, 1.82) is 0 Å². The summed E-state index contributed by atoms with van der Waals surface area (Å²) < 4.78 is 31.7. The molecule has 2 nitrogen and oxygen atoms in total. The van der Waals surface area contributed by atoms with E-state index in [4.69, 9.17) is 9.84 Å². The first-order valence-electron chi connectivity index (χ1n) is 5.45. The molecule has 0 saturated carbocycles. The number of hydrogen-bond acceptors (Lipinski definition) is 2.